The molecule has 3 aromatic carbocycles. The van der Waals surface area contributed by atoms with Crippen molar-refractivity contribution in [2.45, 2.75) is 19.0 Å². The number of carbonyl (C=O) groups is 2. The van der Waals surface area contributed by atoms with E-state index in [2.05, 4.69) is 5.32 Å². The fraction of sp³-hybridized carbons (Fsp3) is 0.286. The van der Waals surface area contributed by atoms with E-state index in [-0.39, 0.29) is 11.6 Å². The lowest BCUT2D eigenvalue weighted by molar-refractivity contribution is -0.123. The normalized spacial score (nSPS) is 12.5. The molecule has 0 spiro atoms. The standard InChI is InChI=1S/C28H32FN3O4/c1-19(18-31(2)3)30-27(33)26(22-13-9-10-14-23(22)29)32(28(34)20-11-7-6-8-12-20)24-16-15-21(35-4)17-25(24)36-5/h6-17,19,26H,18H2,1-5H3,(H,30,33). The number of ether oxygens (including phenoxy) is 2. The van der Waals surface area contributed by atoms with Crippen LogP contribution in [0.15, 0.2) is 72.8 Å². The third-order valence-electron chi connectivity index (χ3n) is 5.62. The zero-order chi connectivity index (χ0) is 26.2. The Hall–Kier alpha value is -3.91. The number of rotatable bonds is 10. The van der Waals surface area contributed by atoms with Gasteiger partial charge in [-0.1, -0.05) is 36.4 Å². The first-order valence-electron chi connectivity index (χ1n) is 11.6. The summed E-state index contributed by atoms with van der Waals surface area (Å²) in [6, 6.07) is 17.8. The number of anilines is 1. The van der Waals surface area contributed by atoms with Gasteiger partial charge in [0.1, 0.15) is 23.4 Å². The van der Waals surface area contributed by atoms with Gasteiger partial charge in [0.2, 0.25) is 5.91 Å². The highest BCUT2D eigenvalue weighted by Crippen LogP contribution is 2.39. The van der Waals surface area contributed by atoms with Crippen molar-refractivity contribution in [3.05, 3.63) is 89.7 Å². The van der Waals surface area contributed by atoms with Gasteiger partial charge in [-0.15, -0.1) is 0 Å². The molecular formula is C28H32FN3O4. The zero-order valence-electron chi connectivity index (χ0n) is 21.2. The van der Waals surface area contributed by atoms with E-state index in [0.717, 1.165) is 0 Å². The molecule has 0 bridgehead atoms. The lowest BCUT2D eigenvalue weighted by Crippen LogP contribution is -2.48. The van der Waals surface area contributed by atoms with Crippen LogP contribution in [0.1, 0.15) is 28.9 Å². The third-order valence-corrected chi connectivity index (χ3v) is 5.62. The number of halogens is 1. The van der Waals surface area contributed by atoms with Crippen molar-refractivity contribution in [2.24, 2.45) is 0 Å². The van der Waals surface area contributed by atoms with E-state index in [1.54, 1.807) is 60.7 Å². The van der Waals surface area contributed by atoms with Crippen molar-refractivity contribution in [3.63, 3.8) is 0 Å². The molecule has 8 heteroatoms. The average molecular weight is 494 g/mol. The second-order valence-electron chi connectivity index (χ2n) is 8.67. The number of nitrogens with zero attached hydrogens (tertiary/aromatic N) is 2. The predicted molar refractivity (Wildman–Crippen MR) is 138 cm³/mol. The van der Waals surface area contributed by atoms with Gasteiger partial charge in [-0.25, -0.2) is 4.39 Å². The van der Waals surface area contributed by atoms with Gasteiger partial charge < -0.3 is 19.7 Å². The number of methoxy groups -OCH3 is 2. The molecule has 2 amide bonds. The number of hydrogen-bond donors (Lipinski definition) is 1. The van der Waals surface area contributed by atoms with E-state index < -0.39 is 23.7 Å². The molecule has 0 fully saturated rings. The van der Waals surface area contributed by atoms with Crippen LogP contribution in [-0.4, -0.2) is 57.6 Å². The predicted octanol–water partition coefficient (Wildman–Crippen LogP) is 4.30. The maximum absolute atomic E-state index is 15.2. The zero-order valence-corrected chi connectivity index (χ0v) is 21.2. The van der Waals surface area contributed by atoms with E-state index in [9.17, 15) is 9.59 Å². The molecule has 2 atom stereocenters. The molecular weight excluding hydrogens is 461 g/mol. The summed E-state index contributed by atoms with van der Waals surface area (Å²) in [5, 5.41) is 2.95. The minimum atomic E-state index is -1.31. The molecule has 2 unspecified atom stereocenters. The lowest BCUT2D eigenvalue weighted by atomic mass is 10.00. The summed E-state index contributed by atoms with van der Waals surface area (Å²) in [4.78, 5) is 31.0. The van der Waals surface area contributed by atoms with Gasteiger partial charge in [0.25, 0.3) is 5.91 Å². The Morgan fingerprint density at radius 1 is 0.944 bits per heavy atom. The number of amides is 2. The molecule has 0 saturated heterocycles. The van der Waals surface area contributed by atoms with Crippen LogP contribution in [-0.2, 0) is 4.79 Å². The van der Waals surface area contributed by atoms with Crippen molar-refractivity contribution >= 4 is 17.5 Å². The first kappa shape index (κ1) is 26.7. The molecule has 1 N–H and O–H groups in total. The SMILES string of the molecule is COc1ccc(N(C(=O)c2ccccc2)C(C(=O)NC(C)CN(C)C)c2ccccc2F)c(OC)c1. The van der Waals surface area contributed by atoms with Crippen LogP contribution in [0, 0.1) is 5.82 Å². The minimum Gasteiger partial charge on any atom is -0.497 e. The van der Waals surface area contributed by atoms with Crippen LogP contribution in [0.25, 0.3) is 0 Å². The molecule has 3 rings (SSSR count). The second-order valence-corrected chi connectivity index (χ2v) is 8.67. The number of hydrogen-bond acceptors (Lipinski definition) is 5. The number of nitrogens with one attached hydrogen (secondary N) is 1. The van der Waals surface area contributed by atoms with Gasteiger partial charge in [-0.05, 0) is 51.4 Å². The largest absolute Gasteiger partial charge is 0.497 e. The van der Waals surface area contributed by atoms with Crippen LogP contribution in [0.4, 0.5) is 10.1 Å². The fourth-order valence-electron chi connectivity index (χ4n) is 4.08. The summed E-state index contributed by atoms with van der Waals surface area (Å²) < 4.78 is 26.1. The maximum atomic E-state index is 15.2. The summed E-state index contributed by atoms with van der Waals surface area (Å²) in [6.45, 7) is 2.42. The molecule has 0 aliphatic heterocycles. The molecule has 0 aliphatic rings. The summed E-state index contributed by atoms with van der Waals surface area (Å²) in [6.07, 6.45) is 0. The van der Waals surface area contributed by atoms with Crippen molar-refractivity contribution < 1.29 is 23.5 Å². The average Bonchev–Trinajstić information content (AvgIpc) is 2.87. The highest BCUT2D eigenvalue weighted by atomic mass is 19.1. The van der Waals surface area contributed by atoms with E-state index in [1.165, 1.54) is 31.3 Å². The first-order chi connectivity index (χ1) is 17.3. The quantitative estimate of drug-likeness (QED) is 0.456. The van der Waals surface area contributed by atoms with Crippen molar-refractivity contribution in [3.8, 4) is 11.5 Å². The number of benzene rings is 3. The van der Waals surface area contributed by atoms with E-state index >= 15 is 4.39 Å². The van der Waals surface area contributed by atoms with Crippen molar-refractivity contribution in [1.82, 2.24) is 10.2 Å². The summed E-state index contributed by atoms with van der Waals surface area (Å²) in [5.41, 5.74) is 0.705. The van der Waals surface area contributed by atoms with Crippen molar-refractivity contribution in [1.29, 1.82) is 0 Å². The molecule has 3 aromatic rings. The van der Waals surface area contributed by atoms with Gasteiger partial charge in [0.05, 0.1) is 19.9 Å². The summed E-state index contributed by atoms with van der Waals surface area (Å²) in [5.74, 6) is -0.793. The van der Waals surface area contributed by atoms with E-state index in [0.29, 0.717) is 29.3 Å². The third kappa shape index (κ3) is 6.20. The molecule has 36 heavy (non-hydrogen) atoms. The fourth-order valence-corrected chi connectivity index (χ4v) is 4.08. The Bertz CT molecular complexity index is 1190. The highest BCUT2D eigenvalue weighted by molar-refractivity contribution is 6.11. The first-order valence-corrected chi connectivity index (χ1v) is 11.6. The maximum Gasteiger partial charge on any atom is 0.259 e. The molecule has 0 aromatic heterocycles. The number of carbonyl (C=O) groups excluding carboxylic acids is 2. The van der Waals surface area contributed by atoms with Gasteiger partial charge in [-0.3, -0.25) is 14.5 Å². The van der Waals surface area contributed by atoms with Crippen LogP contribution < -0.4 is 19.7 Å². The van der Waals surface area contributed by atoms with E-state index in [1.807, 2.05) is 25.9 Å². The molecule has 7 nitrogen and oxygen atoms in total. The van der Waals surface area contributed by atoms with Crippen LogP contribution in [0.5, 0.6) is 11.5 Å². The van der Waals surface area contributed by atoms with Gasteiger partial charge in [0, 0.05) is 29.8 Å². The molecule has 0 saturated carbocycles. The second kappa shape index (κ2) is 12.2. The van der Waals surface area contributed by atoms with Crippen molar-refractivity contribution in [2.75, 3.05) is 39.8 Å². The monoisotopic (exact) mass is 493 g/mol. The Morgan fingerprint density at radius 2 is 1.61 bits per heavy atom. The number of likely N-dealkylation sites (N-methyl/N-ethyl adjacent to an activating group) is 1. The lowest BCUT2D eigenvalue weighted by Gasteiger charge is -2.33. The smallest absolute Gasteiger partial charge is 0.259 e. The topological polar surface area (TPSA) is 71.1 Å². The Kier molecular flexibility index (Phi) is 9.02. The minimum absolute atomic E-state index is 0.0641. The molecule has 0 heterocycles. The van der Waals surface area contributed by atoms with Crippen LogP contribution in [0.2, 0.25) is 0 Å². The highest BCUT2D eigenvalue weighted by Gasteiger charge is 2.37. The molecule has 0 radical (unpaired) electrons. The Morgan fingerprint density at radius 3 is 2.22 bits per heavy atom. The molecule has 190 valence electrons. The van der Waals surface area contributed by atoms with Gasteiger partial charge in [0.15, 0.2) is 0 Å². The molecule has 0 aliphatic carbocycles. The van der Waals surface area contributed by atoms with Gasteiger partial charge in [-0.2, -0.15) is 0 Å². The Balaban J connectivity index is 2.23. The van der Waals surface area contributed by atoms with Crippen LogP contribution in [0.3, 0.4) is 0 Å². The van der Waals surface area contributed by atoms with Crippen LogP contribution >= 0.6 is 0 Å². The van der Waals surface area contributed by atoms with Gasteiger partial charge >= 0.3 is 0 Å². The summed E-state index contributed by atoms with van der Waals surface area (Å²) >= 11 is 0. The Labute approximate surface area is 211 Å². The summed E-state index contributed by atoms with van der Waals surface area (Å²) in [7, 11) is 6.76. The van der Waals surface area contributed by atoms with E-state index in [4.69, 9.17) is 9.47 Å².